The van der Waals surface area contributed by atoms with Crippen LogP contribution in [0, 0.1) is 0 Å². The van der Waals surface area contributed by atoms with E-state index in [0.717, 1.165) is 0 Å². The number of carbonyl (C=O) groups is 2. The van der Waals surface area contributed by atoms with Crippen LogP contribution in [0.5, 0.6) is 0 Å². The molecule has 0 aliphatic carbocycles. The van der Waals surface area contributed by atoms with Gasteiger partial charge >= 0.3 is 5.97 Å². The number of nitrogens with zero attached hydrogens (tertiary/aromatic N) is 1. The molecule has 0 radical (unpaired) electrons. The Morgan fingerprint density at radius 1 is 1.00 bits per heavy atom. The molecule has 0 aliphatic heterocycles. The summed E-state index contributed by atoms with van der Waals surface area (Å²) in [6, 6.07) is 11.2. The number of amides is 1. The molecule has 2 aromatic carbocycles. The molecule has 25 heavy (non-hydrogen) atoms. The zero-order valence-corrected chi connectivity index (χ0v) is 14.4. The third-order valence-electron chi connectivity index (χ3n) is 3.36. The standard InChI is InChI=1S/C17H14Cl2N2O4/c18-12-2-1-3-13(19)16(12)17(24)20-11-6-4-10(5-7-11)14(21-25)8-9-15(22)23/h1-7,25H,8-9H2,(H,20,24)(H,22,23). The second-order valence-corrected chi connectivity index (χ2v) is 5.88. The molecule has 0 aliphatic rings. The van der Waals surface area contributed by atoms with E-state index in [1.165, 1.54) is 0 Å². The van der Waals surface area contributed by atoms with E-state index in [9.17, 15) is 9.59 Å². The molecule has 8 heteroatoms. The van der Waals surface area contributed by atoms with E-state index in [2.05, 4.69) is 10.5 Å². The van der Waals surface area contributed by atoms with Crippen LogP contribution in [0.3, 0.4) is 0 Å². The number of benzene rings is 2. The number of rotatable bonds is 6. The topological polar surface area (TPSA) is 99.0 Å². The largest absolute Gasteiger partial charge is 0.481 e. The van der Waals surface area contributed by atoms with Gasteiger partial charge in [0, 0.05) is 12.1 Å². The minimum absolute atomic E-state index is 0.0900. The molecule has 0 saturated carbocycles. The highest BCUT2D eigenvalue weighted by molar-refractivity contribution is 6.40. The normalized spacial score (nSPS) is 11.2. The molecule has 0 fully saturated rings. The smallest absolute Gasteiger partial charge is 0.303 e. The SMILES string of the molecule is O=C(O)CCC(=NO)c1ccc(NC(=O)c2c(Cl)cccc2Cl)cc1. The van der Waals surface area contributed by atoms with Gasteiger partial charge in [0.2, 0.25) is 0 Å². The van der Waals surface area contributed by atoms with Crippen molar-refractivity contribution in [3.63, 3.8) is 0 Å². The Hall–Kier alpha value is -2.57. The van der Waals surface area contributed by atoms with Crippen molar-refractivity contribution in [1.82, 2.24) is 0 Å². The van der Waals surface area contributed by atoms with Crippen LogP contribution in [0.2, 0.25) is 10.0 Å². The zero-order valence-electron chi connectivity index (χ0n) is 12.9. The van der Waals surface area contributed by atoms with Gasteiger partial charge in [0.15, 0.2) is 0 Å². The fourth-order valence-corrected chi connectivity index (χ4v) is 2.70. The van der Waals surface area contributed by atoms with Crippen LogP contribution in [-0.2, 0) is 4.79 Å². The maximum Gasteiger partial charge on any atom is 0.303 e. The van der Waals surface area contributed by atoms with Crippen molar-refractivity contribution in [1.29, 1.82) is 0 Å². The quantitative estimate of drug-likeness (QED) is 0.395. The van der Waals surface area contributed by atoms with Gasteiger partial charge in [0.1, 0.15) is 0 Å². The van der Waals surface area contributed by atoms with Crippen LogP contribution in [0.25, 0.3) is 0 Å². The molecule has 2 aromatic rings. The Bertz CT molecular complexity index is 800. The first-order chi connectivity index (χ1) is 11.9. The number of anilines is 1. The predicted octanol–water partition coefficient (Wildman–Crippen LogP) is 4.29. The van der Waals surface area contributed by atoms with Crippen LogP contribution in [0.4, 0.5) is 5.69 Å². The van der Waals surface area contributed by atoms with Gasteiger partial charge in [-0.25, -0.2) is 0 Å². The van der Waals surface area contributed by atoms with Crippen molar-refractivity contribution < 1.29 is 19.9 Å². The maximum absolute atomic E-state index is 12.3. The van der Waals surface area contributed by atoms with E-state index in [1.807, 2.05) is 0 Å². The number of carbonyl (C=O) groups excluding carboxylic acids is 1. The zero-order chi connectivity index (χ0) is 18.4. The van der Waals surface area contributed by atoms with Crippen molar-refractivity contribution in [3.8, 4) is 0 Å². The highest BCUT2D eigenvalue weighted by atomic mass is 35.5. The third kappa shape index (κ3) is 4.95. The van der Waals surface area contributed by atoms with E-state index >= 15 is 0 Å². The number of oxime groups is 1. The summed E-state index contributed by atoms with van der Waals surface area (Å²) in [6.07, 6.45) is -0.0599. The summed E-state index contributed by atoms with van der Waals surface area (Å²) < 4.78 is 0. The lowest BCUT2D eigenvalue weighted by molar-refractivity contribution is -0.136. The minimum atomic E-state index is -0.985. The van der Waals surface area contributed by atoms with Crippen LogP contribution < -0.4 is 5.32 Å². The Balaban J connectivity index is 2.12. The van der Waals surface area contributed by atoms with Gasteiger partial charge in [-0.05, 0) is 29.8 Å². The molecule has 0 aromatic heterocycles. The molecular formula is C17H14Cl2N2O4. The molecule has 0 spiro atoms. The first-order valence-corrected chi connectivity index (χ1v) is 7.96. The van der Waals surface area contributed by atoms with Crippen molar-refractivity contribution in [2.45, 2.75) is 12.8 Å². The van der Waals surface area contributed by atoms with E-state index in [-0.39, 0.29) is 34.2 Å². The molecule has 2 rings (SSSR count). The average Bonchev–Trinajstić information content (AvgIpc) is 2.56. The van der Waals surface area contributed by atoms with E-state index < -0.39 is 11.9 Å². The molecule has 0 saturated heterocycles. The number of carboxylic acid groups (broad SMARTS) is 1. The van der Waals surface area contributed by atoms with Gasteiger partial charge in [-0.2, -0.15) is 0 Å². The number of carboxylic acids is 1. The lowest BCUT2D eigenvalue weighted by Gasteiger charge is -2.09. The summed E-state index contributed by atoms with van der Waals surface area (Å²) in [7, 11) is 0. The van der Waals surface area contributed by atoms with Gasteiger partial charge in [-0.15, -0.1) is 0 Å². The van der Waals surface area contributed by atoms with Crippen molar-refractivity contribution in [3.05, 3.63) is 63.6 Å². The molecule has 0 unspecified atom stereocenters. The lowest BCUT2D eigenvalue weighted by Crippen LogP contribution is -2.13. The predicted molar refractivity (Wildman–Crippen MR) is 96.1 cm³/mol. The molecular weight excluding hydrogens is 367 g/mol. The Labute approximate surface area is 153 Å². The van der Waals surface area contributed by atoms with Crippen molar-refractivity contribution in [2.24, 2.45) is 5.16 Å². The van der Waals surface area contributed by atoms with Crippen molar-refractivity contribution >= 4 is 46.5 Å². The van der Waals surface area contributed by atoms with Gasteiger partial charge in [0.05, 0.1) is 27.7 Å². The fraction of sp³-hybridized carbons (Fsp3) is 0.118. The summed E-state index contributed by atoms with van der Waals surface area (Å²) in [5.74, 6) is -1.44. The molecule has 0 atom stereocenters. The molecule has 130 valence electrons. The first kappa shape index (κ1) is 18.8. The van der Waals surface area contributed by atoms with Crippen LogP contribution in [0.1, 0.15) is 28.8 Å². The Morgan fingerprint density at radius 2 is 1.60 bits per heavy atom. The molecule has 1 amide bonds. The summed E-state index contributed by atoms with van der Waals surface area (Å²) in [4.78, 5) is 22.9. The maximum atomic E-state index is 12.3. The number of nitrogens with one attached hydrogen (secondary N) is 1. The highest BCUT2D eigenvalue weighted by Crippen LogP contribution is 2.25. The summed E-state index contributed by atoms with van der Waals surface area (Å²) in [6.45, 7) is 0. The van der Waals surface area contributed by atoms with Crippen LogP contribution >= 0.6 is 23.2 Å². The third-order valence-corrected chi connectivity index (χ3v) is 3.99. The molecule has 0 bridgehead atoms. The molecule has 3 N–H and O–H groups in total. The second kappa shape index (κ2) is 8.50. The second-order valence-electron chi connectivity index (χ2n) is 5.07. The minimum Gasteiger partial charge on any atom is -0.481 e. The highest BCUT2D eigenvalue weighted by Gasteiger charge is 2.15. The van der Waals surface area contributed by atoms with E-state index in [0.29, 0.717) is 11.3 Å². The molecule has 6 nitrogen and oxygen atoms in total. The Morgan fingerprint density at radius 3 is 2.12 bits per heavy atom. The van der Waals surface area contributed by atoms with E-state index in [4.69, 9.17) is 33.5 Å². The molecule has 0 heterocycles. The fourth-order valence-electron chi connectivity index (χ4n) is 2.13. The average molecular weight is 381 g/mol. The number of hydrogen-bond acceptors (Lipinski definition) is 4. The summed E-state index contributed by atoms with van der Waals surface area (Å²) in [5.41, 5.74) is 1.46. The first-order valence-electron chi connectivity index (χ1n) is 7.21. The van der Waals surface area contributed by atoms with E-state index in [1.54, 1.807) is 42.5 Å². The van der Waals surface area contributed by atoms with Gasteiger partial charge in [0.25, 0.3) is 5.91 Å². The van der Waals surface area contributed by atoms with Gasteiger partial charge < -0.3 is 15.6 Å². The van der Waals surface area contributed by atoms with Crippen molar-refractivity contribution in [2.75, 3.05) is 5.32 Å². The van der Waals surface area contributed by atoms with Gasteiger partial charge in [-0.3, -0.25) is 9.59 Å². The van der Waals surface area contributed by atoms with Crippen LogP contribution in [0.15, 0.2) is 47.6 Å². The lowest BCUT2D eigenvalue weighted by atomic mass is 10.1. The van der Waals surface area contributed by atoms with Gasteiger partial charge in [-0.1, -0.05) is 46.6 Å². The number of aliphatic carboxylic acids is 1. The summed E-state index contributed by atoms with van der Waals surface area (Å²) in [5, 5.41) is 24.0. The number of halogens is 2. The van der Waals surface area contributed by atoms with Crippen LogP contribution in [-0.4, -0.2) is 27.9 Å². The summed E-state index contributed by atoms with van der Waals surface area (Å²) >= 11 is 12.0. The monoisotopic (exact) mass is 380 g/mol. The Kier molecular flexibility index (Phi) is 6.38. The number of hydrogen-bond donors (Lipinski definition) is 3.